The molecule has 0 bridgehead atoms. The first-order chi connectivity index (χ1) is 13.5. The highest BCUT2D eigenvalue weighted by molar-refractivity contribution is 6.31. The fourth-order valence-corrected chi connectivity index (χ4v) is 5.38. The van der Waals surface area contributed by atoms with Gasteiger partial charge in [-0.15, -0.1) is 0 Å². The summed E-state index contributed by atoms with van der Waals surface area (Å²) in [6.45, 7) is 2.81. The molecule has 0 aromatic heterocycles. The smallest absolute Gasteiger partial charge is 0.223 e. The summed E-state index contributed by atoms with van der Waals surface area (Å²) in [5, 5.41) is 14.2. The Hall–Kier alpha value is -1.50. The molecular formula is C21H27ClN2O4. The van der Waals surface area contributed by atoms with Crippen LogP contribution in [0.1, 0.15) is 37.7 Å². The van der Waals surface area contributed by atoms with Gasteiger partial charge in [-0.1, -0.05) is 18.0 Å². The van der Waals surface area contributed by atoms with Crippen LogP contribution in [-0.2, 0) is 11.3 Å². The lowest BCUT2D eigenvalue weighted by molar-refractivity contribution is -0.138. The quantitative estimate of drug-likeness (QED) is 0.803. The number of benzene rings is 1. The first kappa shape index (κ1) is 18.5. The van der Waals surface area contributed by atoms with Crippen molar-refractivity contribution in [2.45, 2.75) is 50.8 Å². The van der Waals surface area contributed by atoms with Gasteiger partial charge >= 0.3 is 0 Å². The standard InChI is InChI=1S/C21H27ClN2O4/c22-15-7-19-18(27-4-5-28-19)6-13(15)10-24-11-16(17(25)12-24)23-20(26)14-8-21(9-14)2-1-3-21/h6-7,14,16-17,25H,1-5,8-12H2,(H,23,26)/t16-,17-/m1/s1. The average Bonchev–Trinajstić information content (AvgIpc) is 2.92. The number of aliphatic hydroxyl groups excluding tert-OH is 1. The van der Waals surface area contributed by atoms with E-state index in [1.807, 2.05) is 6.07 Å². The lowest BCUT2D eigenvalue weighted by Gasteiger charge is -2.53. The van der Waals surface area contributed by atoms with Crippen molar-refractivity contribution in [1.29, 1.82) is 0 Å². The summed E-state index contributed by atoms with van der Waals surface area (Å²) in [5.41, 5.74) is 1.42. The van der Waals surface area contributed by atoms with E-state index >= 15 is 0 Å². The highest BCUT2D eigenvalue weighted by atomic mass is 35.5. The maximum Gasteiger partial charge on any atom is 0.223 e. The van der Waals surface area contributed by atoms with E-state index in [-0.39, 0.29) is 17.9 Å². The van der Waals surface area contributed by atoms with Gasteiger partial charge in [-0.05, 0) is 42.7 Å². The molecule has 2 aliphatic carbocycles. The Kier molecular flexibility index (Phi) is 4.68. The number of halogens is 1. The van der Waals surface area contributed by atoms with Crippen LogP contribution in [0.15, 0.2) is 12.1 Å². The Morgan fingerprint density at radius 3 is 2.61 bits per heavy atom. The molecule has 1 saturated heterocycles. The molecule has 2 heterocycles. The largest absolute Gasteiger partial charge is 0.486 e. The van der Waals surface area contributed by atoms with Crippen molar-refractivity contribution in [3.05, 3.63) is 22.7 Å². The molecular weight excluding hydrogens is 380 g/mol. The van der Waals surface area contributed by atoms with Crippen LogP contribution in [0.5, 0.6) is 11.5 Å². The normalized spacial score (nSPS) is 28.6. The summed E-state index contributed by atoms with van der Waals surface area (Å²) >= 11 is 6.42. The van der Waals surface area contributed by atoms with Crippen molar-refractivity contribution < 1.29 is 19.4 Å². The number of β-amino-alcohol motifs (C(OH)–C–C–N with tert-alkyl or cyclic N) is 1. The van der Waals surface area contributed by atoms with Gasteiger partial charge in [-0.25, -0.2) is 0 Å². The second kappa shape index (κ2) is 7.08. The van der Waals surface area contributed by atoms with Crippen LogP contribution in [0.2, 0.25) is 5.02 Å². The van der Waals surface area contributed by atoms with Crippen LogP contribution in [0, 0.1) is 11.3 Å². The Morgan fingerprint density at radius 2 is 1.93 bits per heavy atom. The number of carbonyl (C=O) groups excluding carboxylic acids is 1. The topological polar surface area (TPSA) is 71.0 Å². The SMILES string of the molecule is O=C(N[C@@H]1CN(Cc2cc3c(cc2Cl)OCCO3)C[C@H]1O)C1CC2(CCC2)C1. The molecule has 1 amide bonds. The van der Waals surface area contributed by atoms with E-state index in [4.69, 9.17) is 21.1 Å². The summed E-state index contributed by atoms with van der Waals surface area (Å²) in [4.78, 5) is 14.7. The molecule has 3 fully saturated rings. The Labute approximate surface area is 170 Å². The zero-order valence-corrected chi connectivity index (χ0v) is 16.7. The third kappa shape index (κ3) is 3.36. The number of hydrogen-bond donors (Lipinski definition) is 2. The maximum atomic E-state index is 12.5. The maximum absolute atomic E-state index is 12.5. The van der Waals surface area contributed by atoms with Gasteiger partial charge in [0.2, 0.25) is 5.91 Å². The van der Waals surface area contributed by atoms with E-state index in [1.54, 1.807) is 6.07 Å². The monoisotopic (exact) mass is 406 g/mol. The van der Waals surface area contributed by atoms with E-state index in [9.17, 15) is 9.90 Å². The molecule has 2 saturated carbocycles. The highest BCUT2D eigenvalue weighted by Gasteiger charge is 2.51. The molecule has 5 rings (SSSR count). The third-order valence-corrected chi connectivity index (χ3v) is 7.29. The molecule has 2 N–H and O–H groups in total. The minimum absolute atomic E-state index is 0.112. The number of fused-ring (bicyclic) bond motifs is 1. The van der Waals surface area contributed by atoms with E-state index in [0.29, 0.717) is 54.8 Å². The van der Waals surface area contributed by atoms with Crippen LogP contribution in [0.25, 0.3) is 0 Å². The van der Waals surface area contributed by atoms with Crippen molar-refractivity contribution in [3.8, 4) is 11.5 Å². The molecule has 1 spiro atoms. The number of nitrogens with zero attached hydrogens (tertiary/aromatic N) is 1. The van der Waals surface area contributed by atoms with Crippen LogP contribution < -0.4 is 14.8 Å². The van der Waals surface area contributed by atoms with Crippen LogP contribution in [-0.4, -0.2) is 54.4 Å². The van der Waals surface area contributed by atoms with Gasteiger partial charge in [0.1, 0.15) is 13.2 Å². The van der Waals surface area contributed by atoms with Gasteiger partial charge in [0, 0.05) is 36.6 Å². The molecule has 0 radical (unpaired) electrons. The van der Waals surface area contributed by atoms with Crippen molar-refractivity contribution in [2.24, 2.45) is 11.3 Å². The van der Waals surface area contributed by atoms with Crippen LogP contribution in [0.3, 0.4) is 0 Å². The molecule has 6 nitrogen and oxygen atoms in total. The summed E-state index contributed by atoms with van der Waals surface area (Å²) < 4.78 is 11.2. The first-order valence-corrected chi connectivity index (χ1v) is 10.7. The van der Waals surface area contributed by atoms with Gasteiger partial charge in [0.25, 0.3) is 0 Å². The van der Waals surface area contributed by atoms with Gasteiger partial charge < -0.3 is 19.9 Å². The lowest BCUT2D eigenvalue weighted by atomic mass is 9.51. The summed E-state index contributed by atoms with van der Waals surface area (Å²) in [6.07, 6.45) is 5.38. The minimum atomic E-state index is -0.558. The van der Waals surface area contributed by atoms with Crippen LogP contribution in [0.4, 0.5) is 0 Å². The zero-order valence-electron chi connectivity index (χ0n) is 16.0. The van der Waals surface area contributed by atoms with Gasteiger partial charge in [0.05, 0.1) is 12.1 Å². The van der Waals surface area contributed by atoms with E-state index in [0.717, 1.165) is 18.4 Å². The fraction of sp³-hybridized carbons (Fsp3) is 0.667. The number of rotatable bonds is 4. The Balaban J connectivity index is 1.17. The van der Waals surface area contributed by atoms with Gasteiger partial charge in [0.15, 0.2) is 11.5 Å². The predicted octanol–water partition coefficient (Wildman–Crippen LogP) is 2.35. The predicted molar refractivity (Wildman–Crippen MR) is 105 cm³/mol. The van der Waals surface area contributed by atoms with E-state index in [1.165, 1.54) is 19.3 Å². The molecule has 0 unspecified atom stereocenters. The Bertz CT molecular complexity index is 774. The molecule has 28 heavy (non-hydrogen) atoms. The van der Waals surface area contributed by atoms with Crippen molar-refractivity contribution in [2.75, 3.05) is 26.3 Å². The number of amides is 1. The van der Waals surface area contributed by atoms with Crippen molar-refractivity contribution in [1.82, 2.24) is 10.2 Å². The average molecular weight is 407 g/mol. The Morgan fingerprint density at radius 1 is 1.21 bits per heavy atom. The number of carbonyl (C=O) groups is 1. The second-order valence-electron chi connectivity index (χ2n) is 8.92. The van der Waals surface area contributed by atoms with Crippen molar-refractivity contribution in [3.63, 3.8) is 0 Å². The van der Waals surface area contributed by atoms with E-state index in [2.05, 4.69) is 10.2 Å². The van der Waals surface area contributed by atoms with Crippen molar-refractivity contribution >= 4 is 17.5 Å². The molecule has 7 heteroatoms. The zero-order chi connectivity index (χ0) is 19.3. The molecule has 152 valence electrons. The number of ether oxygens (including phenoxy) is 2. The highest BCUT2D eigenvalue weighted by Crippen LogP contribution is 2.58. The summed E-state index contributed by atoms with van der Waals surface area (Å²) in [6, 6.07) is 3.49. The third-order valence-electron chi connectivity index (χ3n) is 6.94. The molecule has 4 aliphatic rings. The molecule has 2 atom stereocenters. The number of hydrogen-bond acceptors (Lipinski definition) is 5. The number of likely N-dealkylation sites (tertiary alicyclic amines) is 1. The summed E-state index contributed by atoms with van der Waals surface area (Å²) in [5.74, 6) is 1.64. The first-order valence-electron chi connectivity index (χ1n) is 10.3. The molecule has 1 aromatic carbocycles. The number of nitrogens with one attached hydrogen (secondary N) is 1. The molecule has 1 aromatic rings. The number of aliphatic hydroxyl groups is 1. The van der Waals surface area contributed by atoms with Gasteiger partial charge in [-0.2, -0.15) is 0 Å². The summed E-state index contributed by atoms with van der Waals surface area (Å²) in [7, 11) is 0. The van der Waals surface area contributed by atoms with Crippen LogP contribution >= 0.6 is 11.6 Å². The lowest BCUT2D eigenvalue weighted by Crippen LogP contribution is -2.52. The fourth-order valence-electron chi connectivity index (χ4n) is 5.16. The molecule has 2 aliphatic heterocycles. The van der Waals surface area contributed by atoms with E-state index < -0.39 is 6.10 Å². The van der Waals surface area contributed by atoms with Gasteiger partial charge in [-0.3, -0.25) is 9.69 Å². The minimum Gasteiger partial charge on any atom is -0.486 e. The second-order valence-corrected chi connectivity index (χ2v) is 9.33.